The standard InChI is InChI=1S/C20H35N2O2.Co/c1-7-15(12-16-9-10-21-19(16)24)17(11-14(3)4)22-18(23)13-20(5,6)8-2;/h1,7,14-17H,8-13H2,2-6H3,(H,21,24)(H,22,23);/q-1;/t15-,16+,17+;/m1./s1. The van der Waals surface area contributed by atoms with Gasteiger partial charge in [0.15, 0.2) is 0 Å². The largest absolute Gasteiger partial charge is 0.518 e. The van der Waals surface area contributed by atoms with Crippen LogP contribution in [0.3, 0.4) is 0 Å². The van der Waals surface area contributed by atoms with Crippen LogP contribution in [0.4, 0.5) is 0 Å². The molecule has 0 aliphatic carbocycles. The summed E-state index contributed by atoms with van der Waals surface area (Å²) in [6.07, 6.45) is 5.57. The van der Waals surface area contributed by atoms with Gasteiger partial charge in [-0.25, -0.2) is 0 Å². The second-order valence-corrected chi connectivity index (χ2v) is 8.37. The Morgan fingerprint density at radius 3 is 2.52 bits per heavy atom. The van der Waals surface area contributed by atoms with E-state index in [-0.39, 0.29) is 51.9 Å². The Kier molecular flexibility index (Phi) is 10.7. The van der Waals surface area contributed by atoms with Gasteiger partial charge in [0, 0.05) is 41.7 Å². The SMILES string of the molecule is [CH-]=C[C@H](C[C@@H]1CCNC1=O)[C@H](CC(C)C)NC(=O)CC(C)(C)CC.[Co]. The van der Waals surface area contributed by atoms with Gasteiger partial charge in [-0.2, -0.15) is 0 Å². The summed E-state index contributed by atoms with van der Waals surface area (Å²) in [5.41, 5.74) is -0.000270. The minimum Gasteiger partial charge on any atom is -0.518 e. The molecule has 0 aromatic heterocycles. The number of amides is 2. The molecule has 1 saturated heterocycles. The molecule has 2 amide bonds. The van der Waals surface area contributed by atoms with Crippen molar-refractivity contribution in [2.45, 2.75) is 72.8 Å². The Morgan fingerprint density at radius 1 is 1.44 bits per heavy atom. The maximum atomic E-state index is 12.5. The van der Waals surface area contributed by atoms with Crippen molar-refractivity contribution in [2.24, 2.45) is 23.2 Å². The first-order valence-electron chi connectivity index (χ1n) is 9.30. The zero-order valence-electron chi connectivity index (χ0n) is 16.4. The molecule has 0 unspecified atom stereocenters. The average molecular weight is 394 g/mol. The third-order valence-electron chi connectivity index (χ3n) is 5.15. The molecule has 147 valence electrons. The van der Waals surface area contributed by atoms with Crippen LogP contribution in [0.2, 0.25) is 0 Å². The molecule has 1 fully saturated rings. The van der Waals surface area contributed by atoms with E-state index >= 15 is 0 Å². The molecule has 0 aromatic carbocycles. The van der Waals surface area contributed by atoms with Crippen LogP contribution in [-0.4, -0.2) is 24.4 Å². The van der Waals surface area contributed by atoms with Crippen LogP contribution in [-0.2, 0) is 26.4 Å². The number of carbonyl (C=O) groups excluding carboxylic acids is 2. The molecule has 0 saturated carbocycles. The molecule has 25 heavy (non-hydrogen) atoms. The first-order valence-corrected chi connectivity index (χ1v) is 9.30. The molecule has 0 spiro atoms. The molecule has 1 aliphatic rings. The van der Waals surface area contributed by atoms with Crippen LogP contribution >= 0.6 is 0 Å². The number of hydrogen-bond acceptors (Lipinski definition) is 2. The third kappa shape index (κ3) is 8.41. The summed E-state index contributed by atoms with van der Waals surface area (Å²) in [6.45, 7) is 17.3. The van der Waals surface area contributed by atoms with Crippen LogP contribution in [0.25, 0.3) is 0 Å². The summed E-state index contributed by atoms with van der Waals surface area (Å²) >= 11 is 0. The number of nitrogens with one attached hydrogen (secondary N) is 2. The summed E-state index contributed by atoms with van der Waals surface area (Å²) in [6, 6.07) is -0.0106. The van der Waals surface area contributed by atoms with Crippen molar-refractivity contribution >= 4 is 11.8 Å². The summed E-state index contributed by atoms with van der Waals surface area (Å²) in [4.78, 5) is 24.4. The Morgan fingerprint density at radius 2 is 2.08 bits per heavy atom. The van der Waals surface area contributed by atoms with E-state index in [1.807, 2.05) is 0 Å². The fraction of sp³-hybridized carbons (Fsp3) is 0.800. The predicted octanol–water partition coefficient (Wildman–Crippen LogP) is 3.47. The van der Waals surface area contributed by atoms with E-state index in [9.17, 15) is 9.59 Å². The van der Waals surface area contributed by atoms with Crippen molar-refractivity contribution in [3.63, 3.8) is 0 Å². The zero-order chi connectivity index (χ0) is 18.3. The average Bonchev–Trinajstić information content (AvgIpc) is 2.88. The van der Waals surface area contributed by atoms with Gasteiger partial charge in [0.05, 0.1) is 0 Å². The molecule has 1 aliphatic heterocycles. The summed E-state index contributed by atoms with van der Waals surface area (Å²) in [5, 5.41) is 6.07. The molecule has 4 nitrogen and oxygen atoms in total. The maximum absolute atomic E-state index is 12.5. The van der Waals surface area contributed by atoms with Crippen LogP contribution in [0, 0.1) is 29.7 Å². The molecule has 1 heterocycles. The van der Waals surface area contributed by atoms with Gasteiger partial charge in [-0.05, 0) is 36.5 Å². The van der Waals surface area contributed by atoms with E-state index in [0.29, 0.717) is 18.8 Å². The van der Waals surface area contributed by atoms with Gasteiger partial charge in [-0.3, -0.25) is 15.7 Å². The summed E-state index contributed by atoms with van der Waals surface area (Å²) in [5.74, 6) is 0.677. The van der Waals surface area contributed by atoms with E-state index in [1.165, 1.54) is 0 Å². The predicted molar refractivity (Wildman–Crippen MR) is 98.2 cm³/mol. The van der Waals surface area contributed by atoms with Gasteiger partial charge in [-0.1, -0.05) is 41.0 Å². The van der Waals surface area contributed by atoms with Gasteiger partial charge in [-0.15, -0.1) is 0 Å². The van der Waals surface area contributed by atoms with E-state index < -0.39 is 0 Å². The van der Waals surface area contributed by atoms with Crippen LogP contribution in [0.1, 0.15) is 66.7 Å². The molecular weight excluding hydrogens is 359 g/mol. The Hall–Kier alpha value is -0.814. The molecule has 3 atom stereocenters. The van der Waals surface area contributed by atoms with Gasteiger partial charge >= 0.3 is 0 Å². The van der Waals surface area contributed by atoms with Crippen molar-refractivity contribution < 1.29 is 26.4 Å². The number of hydrogen-bond donors (Lipinski definition) is 2. The van der Waals surface area contributed by atoms with Crippen LogP contribution in [0.15, 0.2) is 6.08 Å². The quantitative estimate of drug-likeness (QED) is 0.558. The zero-order valence-corrected chi connectivity index (χ0v) is 17.4. The number of carbonyl (C=O) groups is 2. The molecule has 5 heteroatoms. The van der Waals surface area contributed by atoms with E-state index in [4.69, 9.17) is 6.58 Å². The second-order valence-electron chi connectivity index (χ2n) is 8.37. The van der Waals surface area contributed by atoms with E-state index in [2.05, 4.69) is 45.3 Å². The van der Waals surface area contributed by atoms with Crippen molar-refractivity contribution in [3.05, 3.63) is 12.7 Å². The first kappa shape index (κ1) is 24.2. The van der Waals surface area contributed by atoms with Gasteiger partial charge in [0.1, 0.15) is 0 Å². The normalized spacial score (nSPS) is 19.8. The fourth-order valence-electron chi connectivity index (χ4n) is 3.24. The van der Waals surface area contributed by atoms with Crippen LogP contribution in [0.5, 0.6) is 0 Å². The minimum absolute atomic E-state index is 0. The maximum Gasteiger partial charge on any atom is 0.223 e. The molecule has 0 aromatic rings. The van der Waals surface area contributed by atoms with Crippen molar-refractivity contribution in [2.75, 3.05) is 6.54 Å². The Balaban J connectivity index is 0.00000576. The van der Waals surface area contributed by atoms with Gasteiger partial charge in [0.2, 0.25) is 11.8 Å². The monoisotopic (exact) mass is 394 g/mol. The van der Waals surface area contributed by atoms with Crippen LogP contribution < -0.4 is 10.6 Å². The minimum atomic E-state index is -0.0106. The molecule has 1 radical (unpaired) electrons. The van der Waals surface area contributed by atoms with E-state index in [0.717, 1.165) is 25.8 Å². The van der Waals surface area contributed by atoms with Crippen molar-refractivity contribution in [1.29, 1.82) is 0 Å². The van der Waals surface area contributed by atoms with Gasteiger partial charge < -0.3 is 17.2 Å². The Bertz CT molecular complexity index is 449. The fourth-order valence-corrected chi connectivity index (χ4v) is 3.24. The first-order chi connectivity index (χ1) is 11.2. The van der Waals surface area contributed by atoms with Gasteiger partial charge in [0.25, 0.3) is 0 Å². The molecule has 0 bridgehead atoms. The topological polar surface area (TPSA) is 58.2 Å². The summed E-state index contributed by atoms with van der Waals surface area (Å²) in [7, 11) is 0. The second kappa shape index (κ2) is 11.0. The Labute approximate surface area is 164 Å². The third-order valence-corrected chi connectivity index (χ3v) is 5.15. The number of rotatable bonds is 10. The smallest absolute Gasteiger partial charge is 0.223 e. The van der Waals surface area contributed by atoms with Crippen molar-refractivity contribution in [1.82, 2.24) is 10.6 Å². The molecule has 1 rings (SSSR count). The molecule has 2 N–H and O–H groups in total. The van der Waals surface area contributed by atoms with E-state index in [1.54, 1.807) is 6.08 Å². The van der Waals surface area contributed by atoms with Crippen molar-refractivity contribution in [3.8, 4) is 0 Å². The molecular formula is C20H35CoN2O2-. The summed E-state index contributed by atoms with van der Waals surface area (Å²) < 4.78 is 0.